The highest BCUT2D eigenvalue weighted by Crippen LogP contribution is 2.58. The predicted molar refractivity (Wildman–Crippen MR) is 257 cm³/mol. The summed E-state index contributed by atoms with van der Waals surface area (Å²) in [6.45, 7) is 9.40. The Balaban J connectivity index is 1.09. The summed E-state index contributed by atoms with van der Waals surface area (Å²) >= 11 is 0. The first-order chi connectivity index (χ1) is 29.8. The Morgan fingerprint density at radius 3 is 1.52 bits per heavy atom. The van der Waals surface area contributed by atoms with Gasteiger partial charge in [0.15, 0.2) is 0 Å². The van der Waals surface area contributed by atoms with Crippen LogP contribution in [0.3, 0.4) is 0 Å². The number of hydrogen-bond acceptors (Lipinski definition) is 1. The van der Waals surface area contributed by atoms with Crippen LogP contribution in [0.1, 0.15) is 54.2 Å². The zero-order valence-electron chi connectivity index (χ0n) is 35.2. The van der Waals surface area contributed by atoms with Crippen molar-refractivity contribution in [2.24, 2.45) is 0 Å². The van der Waals surface area contributed by atoms with E-state index in [2.05, 4.69) is 245 Å². The van der Waals surface area contributed by atoms with Gasteiger partial charge in [0.05, 0.1) is 11.4 Å². The highest BCUT2D eigenvalue weighted by molar-refractivity contribution is 5.95. The van der Waals surface area contributed by atoms with Gasteiger partial charge in [-0.25, -0.2) is 0 Å². The molecule has 1 atom stereocenters. The van der Waals surface area contributed by atoms with E-state index in [1.807, 2.05) is 0 Å². The zero-order chi connectivity index (χ0) is 41.3. The van der Waals surface area contributed by atoms with E-state index in [0.29, 0.717) is 0 Å². The lowest BCUT2D eigenvalue weighted by Gasteiger charge is -2.42. The highest BCUT2D eigenvalue weighted by atomic mass is 15.2. The minimum absolute atomic E-state index is 0.218. The molecule has 0 N–H and O–H groups in total. The molecule has 1 unspecified atom stereocenters. The Kier molecular flexibility index (Phi) is 8.58. The number of para-hydroxylation sites is 1. The smallest absolute Gasteiger partial charge is 0.0503 e. The lowest BCUT2D eigenvalue weighted by Crippen LogP contribution is -2.30. The van der Waals surface area contributed by atoms with Gasteiger partial charge in [-0.05, 0) is 146 Å². The largest absolute Gasteiger partial charge is 0.310 e. The van der Waals surface area contributed by atoms with Crippen LogP contribution in [0.2, 0.25) is 0 Å². The van der Waals surface area contributed by atoms with Crippen molar-refractivity contribution in [3.05, 3.63) is 246 Å². The first-order valence-electron chi connectivity index (χ1n) is 21.5. The molecule has 0 spiro atoms. The van der Waals surface area contributed by atoms with Gasteiger partial charge in [0.2, 0.25) is 0 Å². The van der Waals surface area contributed by atoms with Crippen molar-refractivity contribution >= 4 is 17.1 Å². The van der Waals surface area contributed by atoms with E-state index < -0.39 is 5.41 Å². The fourth-order valence-corrected chi connectivity index (χ4v) is 10.3. The van der Waals surface area contributed by atoms with Crippen LogP contribution in [0.25, 0.3) is 55.6 Å². The molecule has 0 aromatic heterocycles. The second kappa shape index (κ2) is 14.2. The van der Waals surface area contributed by atoms with E-state index in [9.17, 15) is 0 Å². The van der Waals surface area contributed by atoms with Crippen molar-refractivity contribution in [3.8, 4) is 55.6 Å². The van der Waals surface area contributed by atoms with Crippen LogP contribution in [0.5, 0.6) is 0 Å². The zero-order valence-corrected chi connectivity index (χ0v) is 35.2. The van der Waals surface area contributed by atoms with Gasteiger partial charge >= 0.3 is 0 Å². The van der Waals surface area contributed by atoms with Crippen LogP contribution < -0.4 is 4.90 Å². The maximum Gasteiger partial charge on any atom is 0.0503 e. The van der Waals surface area contributed by atoms with Gasteiger partial charge in [0.25, 0.3) is 0 Å². The minimum atomic E-state index is -0.399. The summed E-state index contributed by atoms with van der Waals surface area (Å²) in [7, 11) is 0. The third-order valence-corrected chi connectivity index (χ3v) is 13.6. The molecule has 0 amide bonds. The average molecular weight is 782 g/mol. The number of benzene rings is 9. The summed E-state index contributed by atoms with van der Waals surface area (Å²) in [5, 5.41) is 0. The topological polar surface area (TPSA) is 3.24 Å². The van der Waals surface area contributed by atoms with Gasteiger partial charge in [-0.1, -0.05) is 183 Å². The summed E-state index contributed by atoms with van der Waals surface area (Å²) < 4.78 is 0. The van der Waals surface area contributed by atoms with Gasteiger partial charge < -0.3 is 4.90 Å². The molecule has 0 fully saturated rings. The van der Waals surface area contributed by atoms with Gasteiger partial charge in [-0.15, -0.1) is 0 Å². The molecule has 1 heterocycles. The van der Waals surface area contributed by atoms with Crippen LogP contribution >= 0.6 is 0 Å². The molecule has 11 rings (SSSR count). The predicted octanol–water partition coefficient (Wildman–Crippen LogP) is 16.1. The maximum atomic E-state index is 2.50. The molecule has 0 bridgehead atoms. The Bertz CT molecular complexity index is 3090. The van der Waals surface area contributed by atoms with E-state index in [1.54, 1.807) is 0 Å². The third-order valence-electron chi connectivity index (χ3n) is 13.6. The van der Waals surface area contributed by atoms with Crippen LogP contribution in [0, 0.1) is 6.92 Å². The lowest BCUT2D eigenvalue weighted by molar-refractivity contribution is 0.632. The summed E-state index contributed by atoms with van der Waals surface area (Å²) in [6, 6.07) is 78.9. The molecule has 1 heteroatoms. The van der Waals surface area contributed by atoms with Crippen LogP contribution in [0.4, 0.5) is 17.1 Å². The normalized spacial score (nSPS) is 15.7. The van der Waals surface area contributed by atoms with Crippen LogP contribution in [0.15, 0.2) is 212 Å². The molecule has 9 aromatic rings. The standard InChI is InChI=1S/C60H47N/c1-40-24-30-48(31-25-40)60(4)54-38-45(28-34-50(54)52-37-47(42-18-10-6-11-19-42)36-51(58(52)60)44-20-12-7-13-21-44)46-29-35-57-55(39-46)59(2,3)53-22-14-15-23-56(53)61(57)49-32-26-43(27-33-49)41-16-8-5-9-17-41/h5-39H,1-4H3. The first kappa shape index (κ1) is 36.8. The van der Waals surface area contributed by atoms with Crippen LogP contribution in [-0.2, 0) is 10.8 Å². The Morgan fingerprint density at radius 1 is 0.344 bits per heavy atom. The molecule has 0 saturated heterocycles. The molecule has 0 radical (unpaired) electrons. The molecule has 1 aliphatic heterocycles. The number of fused-ring (bicyclic) bond motifs is 5. The molecular weight excluding hydrogens is 735 g/mol. The quantitative estimate of drug-likeness (QED) is 0.162. The molecular formula is C60H47N. The molecule has 1 nitrogen and oxygen atoms in total. The molecule has 9 aromatic carbocycles. The molecule has 292 valence electrons. The summed E-state index contributed by atoms with van der Waals surface area (Å²) in [5.41, 5.74) is 23.4. The lowest BCUT2D eigenvalue weighted by atomic mass is 9.71. The molecule has 1 aliphatic carbocycles. The molecule has 2 aliphatic rings. The first-order valence-corrected chi connectivity index (χ1v) is 21.5. The summed E-state index contributed by atoms with van der Waals surface area (Å²) in [6.07, 6.45) is 0. The summed E-state index contributed by atoms with van der Waals surface area (Å²) in [4.78, 5) is 2.46. The van der Waals surface area contributed by atoms with Gasteiger partial charge in [0.1, 0.15) is 0 Å². The van der Waals surface area contributed by atoms with E-state index in [-0.39, 0.29) is 5.41 Å². The number of aryl methyl sites for hydroxylation is 1. The Hall–Kier alpha value is -7.22. The second-order valence-corrected chi connectivity index (χ2v) is 17.6. The van der Waals surface area contributed by atoms with Crippen molar-refractivity contribution < 1.29 is 0 Å². The van der Waals surface area contributed by atoms with E-state index in [4.69, 9.17) is 0 Å². The number of rotatable bonds is 6. The Morgan fingerprint density at radius 2 is 0.852 bits per heavy atom. The number of hydrogen-bond donors (Lipinski definition) is 0. The minimum Gasteiger partial charge on any atom is -0.310 e. The number of nitrogens with zero attached hydrogens (tertiary/aromatic N) is 1. The fraction of sp³-hybridized carbons (Fsp3) is 0.100. The van der Waals surface area contributed by atoms with Gasteiger partial charge in [-0.3, -0.25) is 0 Å². The fourth-order valence-electron chi connectivity index (χ4n) is 10.3. The van der Waals surface area contributed by atoms with E-state index >= 15 is 0 Å². The monoisotopic (exact) mass is 781 g/mol. The van der Waals surface area contributed by atoms with E-state index in [0.717, 1.165) is 5.69 Å². The van der Waals surface area contributed by atoms with Crippen LogP contribution in [-0.4, -0.2) is 0 Å². The van der Waals surface area contributed by atoms with Crippen molar-refractivity contribution in [3.63, 3.8) is 0 Å². The maximum absolute atomic E-state index is 2.50. The SMILES string of the molecule is Cc1ccc(C2(C)c3cc(-c4ccc5c(c4)C(C)(C)c4ccccc4N5c4ccc(-c5ccccc5)cc4)ccc3-c3cc(-c4ccccc4)cc(-c4ccccc4)c32)cc1. The Labute approximate surface area is 360 Å². The third kappa shape index (κ3) is 5.91. The molecule has 61 heavy (non-hydrogen) atoms. The molecule has 0 saturated carbocycles. The van der Waals surface area contributed by atoms with Gasteiger partial charge in [0, 0.05) is 16.5 Å². The van der Waals surface area contributed by atoms with Gasteiger partial charge in [-0.2, -0.15) is 0 Å². The van der Waals surface area contributed by atoms with Crippen molar-refractivity contribution in [1.82, 2.24) is 0 Å². The summed E-state index contributed by atoms with van der Waals surface area (Å²) in [5.74, 6) is 0. The van der Waals surface area contributed by atoms with Crippen molar-refractivity contribution in [2.45, 2.75) is 38.5 Å². The average Bonchev–Trinajstić information content (AvgIpc) is 3.57. The van der Waals surface area contributed by atoms with Crippen molar-refractivity contribution in [1.29, 1.82) is 0 Å². The van der Waals surface area contributed by atoms with Crippen molar-refractivity contribution in [2.75, 3.05) is 4.90 Å². The highest BCUT2D eigenvalue weighted by Gasteiger charge is 2.44. The second-order valence-electron chi connectivity index (χ2n) is 17.6. The van der Waals surface area contributed by atoms with E-state index in [1.165, 1.54) is 100 Å². The number of anilines is 3.